The van der Waals surface area contributed by atoms with Gasteiger partial charge in [-0.3, -0.25) is 9.69 Å². The van der Waals surface area contributed by atoms with E-state index in [9.17, 15) is 13.2 Å². The van der Waals surface area contributed by atoms with Gasteiger partial charge in [-0.25, -0.2) is 8.42 Å². The fourth-order valence-electron chi connectivity index (χ4n) is 3.86. The van der Waals surface area contributed by atoms with Crippen molar-refractivity contribution in [3.63, 3.8) is 0 Å². The van der Waals surface area contributed by atoms with Crippen LogP contribution in [0.15, 0.2) is 54.7 Å². The number of fused-ring (bicyclic) bond motifs is 1. The second-order valence-electron chi connectivity index (χ2n) is 7.59. The molecule has 0 atom stereocenters. The Morgan fingerprint density at radius 3 is 2.55 bits per heavy atom. The first-order chi connectivity index (χ1) is 13.9. The number of carbonyl (C=O) groups is 1. The van der Waals surface area contributed by atoms with Gasteiger partial charge in [0.1, 0.15) is 0 Å². The van der Waals surface area contributed by atoms with Crippen molar-refractivity contribution in [2.24, 2.45) is 0 Å². The maximum absolute atomic E-state index is 12.8. The molecule has 1 saturated heterocycles. The van der Waals surface area contributed by atoms with Gasteiger partial charge in [-0.2, -0.15) is 4.31 Å². The lowest BCUT2D eigenvalue weighted by molar-refractivity contribution is 0.0903. The molecular weight excluding hydrogens is 386 g/mol. The Bertz CT molecular complexity index is 1130. The van der Waals surface area contributed by atoms with Crippen LogP contribution in [-0.4, -0.2) is 61.1 Å². The van der Waals surface area contributed by atoms with Crippen molar-refractivity contribution in [3.05, 3.63) is 71.4 Å². The number of benzene rings is 2. The molecule has 0 bridgehead atoms. The Hall–Kier alpha value is -2.48. The van der Waals surface area contributed by atoms with Gasteiger partial charge in [0.05, 0.1) is 12.3 Å². The Labute approximate surface area is 171 Å². The van der Waals surface area contributed by atoms with Crippen LogP contribution >= 0.6 is 0 Å². The van der Waals surface area contributed by atoms with Crippen molar-refractivity contribution in [3.8, 4) is 0 Å². The minimum absolute atomic E-state index is 0.0168. The van der Waals surface area contributed by atoms with Gasteiger partial charge in [-0.15, -0.1) is 0 Å². The van der Waals surface area contributed by atoms with Gasteiger partial charge in [-0.1, -0.05) is 48.0 Å². The van der Waals surface area contributed by atoms with E-state index in [-0.39, 0.29) is 11.5 Å². The van der Waals surface area contributed by atoms with Crippen molar-refractivity contribution in [2.75, 3.05) is 32.7 Å². The average Bonchev–Trinajstić information content (AvgIpc) is 3.12. The molecule has 6 nitrogen and oxygen atoms in total. The number of Topliss-reactive ketones (excluding diaryl/α,β-unsaturated/α-hetero) is 1. The topological polar surface area (TPSA) is 73.5 Å². The first-order valence-corrected chi connectivity index (χ1v) is 11.4. The molecule has 3 aromatic rings. The van der Waals surface area contributed by atoms with Gasteiger partial charge in [0.15, 0.2) is 5.78 Å². The molecule has 2 aromatic carbocycles. The highest BCUT2D eigenvalue weighted by Gasteiger charge is 2.28. The summed E-state index contributed by atoms with van der Waals surface area (Å²) < 4.78 is 27.1. The summed E-state index contributed by atoms with van der Waals surface area (Å²) in [5, 5.41) is 0.928. The van der Waals surface area contributed by atoms with Crippen molar-refractivity contribution >= 4 is 26.7 Å². The first-order valence-electron chi connectivity index (χ1n) is 9.77. The lowest BCUT2D eigenvalue weighted by Gasteiger charge is -2.33. The van der Waals surface area contributed by atoms with Crippen LogP contribution in [-0.2, 0) is 15.8 Å². The standard InChI is InChI=1S/C22H25N3O3S/c1-17-5-4-6-18(13-17)16-29(27,28)25-11-9-24(10-12-25)15-22(26)20-14-23-21-8-3-2-7-19(20)21/h2-8,13-14,23H,9-12,15-16H2,1H3. The maximum Gasteiger partial charge on any atom is 0.218 e. The Kier molecular flexibility index (Phi) is 5.54. The zero-order valence-corrected chi connectivity index (χ0v) is 17.3. The van der Waals surface area contributed by atoms with Crippen LogP contribution in [0.3, 0.4) is 0 Å². The van der Waals surface area contributed by atoms with Crippen molar-refractivity contribution in [1.82, 2.24) is 14.2 Å². The zero-order valence-electron chi connectivity index (χ0n) is 16.5. The third-order valence-electron chi connectivity index (χ3n) is 5.41. The molecule has 0 radical (unpaired) electrons. The summed E-state index contributed by atoms with van der Waals surface area (Å²) in [6, 6.07) is 15.3. The number of ketones is 1. The number of rotatable bonds is 6. The highest BCUT2D eigenvalue weighted by atomic mass is 32.2. The van der Waals surface area contributed by atoms with E-state index >= 15 is 0 Å². The molecule has 4 rings (SSSR count). The lowest BCUT2D eigenvalue weighted by Crippen LogP contribution is -2.50. The fourth-order valence-corrected chi connectivity index (χ4v) is 5.36. The van der Waals surface area contributed by atoms with E-state index < -0.39 is 10.0 Å². The number of nitrogens with one attached hydrogen (secondary N) is 1. The van der Waals surface area contributed by atoms with E-state index in [1.807, 2.05) is 60.4 Å². The molecule has 1 fully saturated rings. The Morgan fingerprint density at radius 2 is 1.79 bits per heavy atom. The Balaban J connectivity index is 1.36. The van der Waals surface area contributed by atoms with Crippen molar-refractivity contribution in [1.29, 1.82) is 0 Å². The fraction of sp³-hybridized carbons (Fsp3) is 0.318. The molecule has 0 spiro atoms. The highest BCUT2D eigenvalue weighted by Crippen LogP contribution is 2.19. The first kappa shape index (κ1) is 19.8. The van der Waals surface area contributed by atoms with Crippen LogP contribution < -0.4 is 0 Å². The molecule has 152 valence electrons. The monoisotopic (exact) mass is 411 g/mol. The third kappa shape index (κ3) is 4.42. The smallest absolute Gasteiger partial charge is 0.218 e. The zero-order chi connectivity index (χ0) is 20.4. The number of hydrogen-bond donors (Lipinski definition) is 1. The number of aryl methyl sites for hydroxylation is 1. The second kappa shape index (κ2) is 8.10. The predicted molar refractivity (Wildman–Crippen MR) is 114 cm³/mol. The van der Waals surface area contributed by atoms with E-state index in [1.165, 1.54) is 0 Å². The van der Waals surface area contributed by atoms with Crippen LogP contribution in [0, 0.1) is 6.92 Å². The maximum atomic E-state index is 12.8. The van der Waals surface area contributed by atoms with E-state index in [0.717, 1.165) is 22.0 Å². The molecule has 1 aliphatic heterocycles. The number of piperazine rings is 1. The number of hydrogen-bond acceptors (Lipinski definition) is 4. The van der Waals surface area contributed by atoms with E-state index in [0.29, 0.717) is 38.3 Å². The summed E-state index contributed by atoms with van der Waals surface area (Å²) in [7, 11) is -3.36. The van der Waals surface area contributed by atoms with Crippen LogP contribution in [0.25, 0.3) is 10.9 Å². The number of sulfonamides is 1. The SMILES string of the molecule is Cc1cccc(CS(=O)(=O)N2CCN(CC(=O)c3c[nH]c4ccccc34)CC2)c1. The number of carbonyl (C=O) groups excluding carboxylic acids is 1. The largest absolute Gasteiger partial charge is 0.360 e. The molecule has 29 heavy (non-hydrogen) atoms. The van der Waals surface area contributed by atoms with E-state index in [4.69, 9.17) is 0 Å². The summed E-state index contributed by atoms with van der Waals surface area (Å²) in [5.74, 6) is 0.0710. The van der Waals surface area contributed by atoms with Gasteiger partial charge in [0.25, 0.3) is 0 Å². The minimum atomic E-state index is -3.36. The predicted octanol–water partition coefficient (Wildman–Crippen LogP) is 2.81. The number of aromatic amines is 1. The Morgan fingerprint density at radius 1 is 1.03 bits per heavy atom. The lowest BCUT2D eigenvalue weighted by atomic mass is 10.1. The number of para-hydroxylation sites is 1. The molecule has 0 saturated carbocycles. The van der Waals surface area contributed by atoms with Crippen molar-refractivity contribution < 1.29 is 13.2 Å². The van der Waals surface area contributed by atoms with Crippen LogP contribution in [0.1, 0.15) is 21.5 Å². The van der Waals surface area contributed by atoms with Crippen molar-refractivity contribution in [2.45, 2.75) is 12.7 Å². The second-order valence-corrected chi connectivity index (χ2v) is 9.56. The number of nitrogens with zero attached hydrogens (tertiary/aromatic N) is 2. The molecule has 0 aliphatic carbocycles. The van der Waals surface area contributed by atoms with Gasteiger partial charge in [0.2, 0.25) is 10.0 Å². The minimum Gasteiger partial charge on any atom is -0.360 e. The molecular formula is C22H25N3O3S. The molecule has 1 aliphatic rings. The van der Waals surface area contributed by atoms with Crippen LogP contribution in [0.4, 0.5) is 0 Å². The molecule has 0 amide bonds. The van der Waals surface area contributed by atoms with E-state index in [2.05, 4.69) is 4.98 Å². The quantitative estimate of drug-likeness (QED) is 0.633. The summed E-state index contributed by atoms with van der Waals surface area (Å²) >= 11 is 0. The molecule has 1 aromatic heterocycles. The van der Waals surface area contributed by atoms with Gasteiger partial charge in [-0.05, 0) is 18.6 Å². The van der Waals surface area contributed by atoms with Gasteiger partial charge < -0.3 is 4.98 Å². The summed E-state index contributed by atoms with van der Waals surface area (Å²) in [4.78, 5) is 17.9. The molecule has 7 heteroatoms. The summed E-state index contributed by atoms with van der Waals surface area (Å²) in [5.41, 5.74) is 3.50. The van der Waals surface area contributed by atoms with Gasteiger partial charge in [0, 0.05) is 48.8 Å². The van der Waals surface area contributed by atoms with E-state index in [1.54, 1.807) is 10.5 Å². The number of H-pyrrole nitrogens is 1. The number of aromatic nitrogens is 1. The normalized spacial score (nSPS) is 16.3. The third-order valence-corrected chi connectivity index (χ3v) is 7.26. The summed E-state index contributed by atoms with van der Waals surface area (Å²) in [6.45, 7) is 4.19. The molecule has 1 N–H and O–H groups in total. The molecule has 2 heterocycles. The van der Waals surface area contributed by atoms with Gasteiger partial charge >= 0.3 is 0 Å². The molecule has 0 unspecified atom stereocenters. The highest BCUT2D eigenvalue weighted by molar-refractivity contribution is 7.88. The summed E-state index contributed by atoms with van der Waals surface area (Å²) in [6.07, 6.45) is 1.76. The average molecular weight is 412 g/mol. The van der Waals surface area contributed by atoms with Crippen LogP contribution in [0.2, 0.25) is 0 Å². The van der Waals surface area contributed by atoms with Crippen LogP contribution in [0.5, 0.6) is 0 Å².